The number of nitrogens with one attached hydrogen (secondary N) is 2. The zero-order valence-corrected chi connectivity index (χ0v) is 11.2. The molecule has 2 aliphatic carbocycles. The molecule has 2 N–H and O–H groups in total. The highest BCUT2D eigenvalue weighted by Gasteiger charge is 2.22. The van der Waals surface area contributed by atoms with Crippen molar-refractivity contribution in [1.29, 1.82) is 0 Å². The average Bonchev–Trinajstić information content (AvgIpc) is 3.19. The maximum absolute atomic E-state index is 11.4. The normalized spacial score (nSPS) is 20.9. The van der Waals surface area contributed by atoms with Crippen LogP contribution in [-0.2, 0) is 9.53 Å². The van der Waals surface area contributed by atoms with Crippen LogP contribution in [0.5, 0.6) is 0 Å². The molecule has 0 aliphatic heterocycles. The summed E-state index contributed by atoms with van der Waals surface area (Å²) in [5.74, 6) is 0.179. The first-order chi connectivity index (χ1) is 8.84. The summed E-state index contributed by atoms with van der Waals surface area (Å²) < 4.78 is 5.80. The van der Waals surface area contributed by atoms with Gasteiger partial charge < -0.3 is 15.4 Å². The van der Waals surface area contributed by atoms with Crippen molar-refractivity contribution in [2.24, 2.45) is 0 Å². The molecule has 0 spiro atoms. The first-order valence-corrected chi connectivity index (χ1v) is 7.46. The topological polar surface area (TPSA) is 50.4 Å². The van der Waals surface area contributed by atoms with Gasteiger partial charge in [0.2, 0.25) is 5.91 Å². The van der Waals surface area contributed by atoms with Gasteiger partial charge in [-0.05, 0) is 25.7 Å². The summed E-state index contributed by atoms with van der Waals surface area (Å²) in [4.78, 5) is 11.4. The quantitative estimate of drug-likeness (QED) is 0.647. The molecule has 4 heteroatoms. The molecule has 104 valence electrons. The van der Waals surface area contributed by atoms with Gasteiger partial charge in [0, 0.05) is 25.6 Å². The molecule has 0 radical (unpaired) electrons. The van der Waals surface area contributed by atoms with Gasteiger partial charge in [-0.1, -0.05) is 19.3 Å². The highest BCUT2D eigenvalue weighted by Crippen LogP contribution is 2.20. The van der Waals surface area contributed by atoms with E-state index in [0.717, 1.165) is 32.5 Å². The van der Waals surface area contributed by atoms with Crippen molar-refractivity contribution in [3.05, 3.63) is 0 Å². The van der Waals surface area contributed by atoms with Crippen LogP contribution in [0, 0.1) is 0 Å². The highest BCUT2D eigenvalue weighted by molar-refractivity contribution is 5.76. The van der Waals surface area contributed by atoms with Gasteiger partial charge in [0.15, 0.2) is 0 Å². The maximum Gasteiger partial charge on any atom is 0.221 e. The Kier molecular flexibility index (Phi) is 5.94. The molecule has 0 unspecified atom stereocenters. The standard InChI is InChI=1S/C14H26N2O2/c17-14(16-12-6-7-12)8-9-15-10-11-18-13-4-2-1-3-5-13/h12-13,15H,1-11H2,(H,16,17). The van der Waals surface area contributed by atoms with Crippen LogP contribution in [0.4, 0.5) is 0 Å². The summed E-state index contributed by atoms with van der Waals surface area (Å²) in [5, 5.41) is 6.25. The van der Waals surface area contributed by atoms with Crippen LogP contribution in [0.3, 0.4) is 0 Å². The first-order valence-electron chi connectivity index (χ1n) is 7.46. The Morgan fingerprint density at radius 2 is 1.83 bits per heavy atom. The Balaban J connectivity index is 1.37. The third kappa shape index (κ3) is 5.83. The van der Waals surface area contributed by atoms with Crippen LogP contribution in [0.1, 0.15) is 51.4 Å². The van der Waals surface area contributed by atoms with E-state index in [1.807, 2.05) is 0 Å². The summed E-state index contributed by atoms with van der Waals surface area (Å²) >= 11 is 0. The molecule has 0 atom stereocenters. The van der Waals surface area contributed by atoms with Gasteiger partial charge in [0.25, 0.3) is 0 Å². The maximum atomic E-state index is 11.4. The average molecular weight is 254 g/mol. The molecule has 2 saturated carbocycles. The van der Waals surface area contributed by atoms with Crippen molar-refractivity contribution in [3.8, 4) is 0 Å². The van der Waals surface area contributed by atoms with E-state index in [0.29, 0.717) is 18.6 Å². The van der Waals surface area contributed by atoms with E-state index in [-0.39, 0.29) is 5.91 Å². The fraction of sp³-hybridized carbons (Fsp3) is 0.929. The molecule has 0 saturated heterocycles. The Morgan fingerprint density at radius 1 is 1.06 bits per heavy atom. The van der Waals surface area contributed by atoms with E-state index < -0.39 is 0 Å². The molecule has 4 nitrogen and oxygen atoms in total. The summed E-state index contributed by atoms with van der Waals surface area (Å²) in [6.45, 7) is 2.38. The zero-order valence-electron chi connectivity index (χ0n) is 11.2. The van der Waals surface area contributed by atoms with Crippen molar-refractivity contribution >= 4 is 5.91 Å². The van der Waals surface area contributed by atoms with Crippen molar-refractivity contribution in [2.45, 2.75) is 63.5 Å². The minimum Gasteiger partial charge on any atom is -0.377 e. The summed E-state index contributed by atoms with van der Waals surface area (Å²) in [7, 11) is 0. The minimum absolute atomic E-state index is 0.179. The van der Waals surface area contributed by atoms with E-state index in [4.69, 9.17) is 4.74 Å². The van der Waals surface area contributed by atoms with Crippen molar-refractivity contribution < 1.29 is 9.53 Å². The molecule has 18 heavy (non-hydrogen) atoms. The molecule has 2 fully saturated rings. The second-order valence-corrected chi connectivity index (χ2v) is 5.47. The smallest absolute Gasteiger partial charge is 0.221 e. The van der Waals surface area contributed by atoms with E-state index >= 15 is 0 Å². The molecular formula is C14H26N2O2. The molecule has 0 aromatic heterocycles. The first kappa shape index (κ1) is 13.8. The van der Waals surface area contributed by atoms with Crippen LogP contribution in [0.15, 0.2) is 0 Å². The van der Waals surface area contributed by atoms with Crippen molar-refractivity contribution in [1.82, 2.24) is 10.6 Å². The molecular weight excluding hydrogens is 228 g/mol. The Bertz CT molecular complexity index is 248. The molecule has 2 rings (SSSR count). The van der Waals surface area contributed by atoms with Gasteiger partial charge in [0.05, 0.1) is 12.7 Å². The van der Waals surface area contributed by atoms with Crippen LogP contribution in [0.2, 0.25) is 0 Å². The third-order valence-electron chi connectivity index (χ3n) is 3.66. The van der Waals surface area contributed by atoms with Crippen LogP contribution in [-0.4, -0.2) is 37.7 Å². The molecule has 0 aromatic carbocycles. The second-order valence-electron chi connectivity index (χ2n) is 5.47. The van der Waals surface area contributed by atoms with Gasteiger partial charge in [-0.25, -0.2) is 0 Å². The number of carbonyl (C=O) groups excluding carboxylic acids is 1. The SMILES string of the molecule is O=C(CCNCCOC1CCCCC1)NC1CC1. The van der Waals surface area contributed by atoms with E-state index in [2.05, 4.69) is 10.6 Å². The Morgan fingerprint density at radius 3 is 2.56 bits per heavy atom. The van der Waals surface area contributed by atoms with Crippen molar-refractivity contribution in [2.75, 3.05) is 19.7 Å². The fourth-order valence-corrected chi connectivity index (χ4v) is 2.38. The van der Waals surface area contributed by atoms with E-state index in [1.54, 1.807) is 0 Å². The second kappa shape index (κ2) is 7.74. The van der Waals surface area contributed by atoms with Crippen LogP contribution >= 0.6 is 0 Å². The predicted octanol–water partition coefficient (Wildman–Crippen LogP) is 1.59. The van der Waals surface area contributed by atoms with E-state index in [1.165, 1.54) is 32.1 Å². The van der Waals surface area contributed by atoms with E-state index in [9.17, 15) is 4.79 Å². The largest absolute Gasteiger partial charge is 0.377 e. The lowest BCUT2D eigenvalue weighted by atomic mass is 9.98. The number of ether oxygens (including phenoxy) is 1. The lowest BCUT2D eigenvalue weighted by Gasteiger charge is -2.22. The number of hydrogen-bond acceptors (Lipinski definition) is 3. The number of carbonyl (C=O) groups is 1. The highest BCUT2D eigenvalue weighted by atomic mass is 16.5. The Hall–Kier alpha value is -0.610. The predicted molar refractivity (Wildman–Crippen MR) is 71.5 cm³/mol. The Labute approximate surface area is 110 Å². The summed E-state index contributed by atoms with van der Waals surface area (Å²) in [5.41, 5.74) is 0. The third-order valence-corrected chi connectivity index (χ3v) is 3.66. The number of rotatable bonds is 8. The number of amides is 1. The molecule has 0 aromatic rings. The van der Waals surface area contributed by atoms with Crippen LogP contribution in [0.25, 0.3) is 0 Å². The summed E-state index contributed by atoms with van der Waals surface area (Å²) in [6, 6.07) is 0.479. The van der Waals surface area contributed by atoms with Crippen molar-refractivity contribution in [3.63, 3.8) is 0 Å². The molecule has 2 aliphatic rings. The van der Waals surface area contributed by atoms with Gasteiger partial charge in [0.1, 0.15) is 0 Å². The van der Waals surface area contributed by atoms with Gasteiger partial charge >= 0.3 is 0 Å². The lowest BCUT2D eigenvalue weighted by Crippen LogP contribution is -2.31. The molecule has 1 amide bonds. The van der Waals surface area contributed by atoms with Gasteiger partial charge in [-0.15, -0.1) is 0 Å². The fourth-order valence-electron chi connectivity index (χ4n) is 2.38. The zero-order chi connectivity index (χ0) is 12.6. The lowest BCUT2D eigenvalue weighted by molar-refractivity contribution is -0.121. The number of hydrogen-bond donors (Lipinski definition) is 2. The van der Waals surface area contributed by atoms with Gasteiger partial charge in [-0.3, -0.25) is 4.79 Å². The summed E-state index contributed by atoms with van der Waals surface area (Å²) in [6.07, 6.45) is 9.85. The molecule has 0 bridgehead atoms. The van der Waals surface area contributed by atoms with Gasteiger partial charge in [-0.2, -0.15) is 0 Å². The minimum atomic E-state index is 0.179. The molecule has 0 heterocycles. The van der Waals surface area contributed by atoms with Crippen LogP contribution < -0.4 is 10.6 Å². The monoisotopic (exact) mass is 254 g/mol.